The number of rotatable bonds is 5. The maximum absolute atomic E-state index is 12.2. The van der Waals surface area contributed by atoms with Crippen LogP contribution in [0.15, 0.2) is 24.3 Å². The molecule has 3 rings (SSSR count). The third-order valence-corrected chi connectivity index (χ3v) is 5.02. The second-order valence-corrected chi connectivity index (χ2v) is 6.79. The van der Waals surface area contributed by atoms with Gasteiger partial charge in [0.2, 0.25) is 11.8 Å². The van der Waals surface area contributed by atoms with Crippen LogP contribution in [0.4, 0.5) is 11.4 Å². The Bertz CT molecular complexity index is 564. The van der Waals surface area contributed by atoms with Gasteiger partial charge >= 0.3 is 0 Å². The molecule has 1 heterocycles. The number of hydrogen-bond acceptors (Lipinski definition) is 2. The highest BCUT2D eigenvalue weighted by Crippen LogP contribution is 2.28. The number of nitrogens with zero attached hydrogens (tertiary/aromatic N) is 1. The largest absolute Gasteiger partial charge is 0.326 e. The number of nitrogens with one attached hydrogen (secondary N) is 1. The normalized spacial score (nSPS) is 19.1. The summed E-state index contributed by atoms with van der Waals surface area (Å²) >= 11 is 0. The molecule has 1 aliphatic carbocycles. The van der Waals surface area contributed by atoms with Crippen molar-refractivity contribution in [3.8, 4) is 0 Å². The molecule has 124 valence electrons. The molecule has 0 atom stereocenters. The predicted octanol–water partition coefficient (Wildman–Crippen LogP) is 4.11. The van der Waals surface area contributed by atoms with Crippen molar-refractivity contribution < 1.29 is 9.59 Å². The van der Waals surface area contributed by atoms with E-state index in [1.54, 1.807) is 4.90 Å². The van der Waals surface area contributed by atoms with Crippen LogP contribution in [-0.2, 0) is 9.59 Å². The second kappa shape index (κ2) is 7.62. The molecule has 4 heteroatoms. The number of hydrogen-bond donors (Lipinski definition) is 1. The lowest BCUT2D eigenvalue weighted by molar-refractivity contribution is -0.117. The third kappa shape index (κ3) is 4.34. The van der Waals surface area contributed by atoms with Crippen LogP contribution >= 0.6 is 0 Å². The minimum atomic E-state index is 0.0838. The zero-order valence-electron chi connectivity index (χ0n) is 13.7. The highest BCUT2D eigenvalue weighted by atomic mass is 16.2. The van der Waals surface area contributed by atoms with Gasteiger partial charge in [-0.25, -0.2) is 0 Å². The van der Waals surface area contributed by atoms with E-state index in [4.69, 9.17) is 0 Å². The van der Waals surface area contributed by atoms with Gasteiger partial charge in [-0.15, -0.1) is 0 Å². The molecule has 2 fully saturated rings. The standard InChI is InChI=1S/C19H26N2O2/c22-18(12-11-15-6-2-1-3-7-15)20-16-8-4-9-17(14-16)21-13-5-10-19(21)23/h4,8-9,14-15H,1-3,5-7,10-13H2,(H,20,22). The second-order valence-electron chi connectivity index (χ2n) is 6.79. The van der Waals surface area contributed by atoms with Crippen LogP contribution in [0.25, 0.3) is 0 Å². The molecular weight excluding hydrogens is 288 g/mol. The van der Waals surface area contributed by atoms with Crippen molar-refractivity contribution >= 4 is 23.2 Å². The van der Waals surface area contributed by atoms with Crippen molar-refractivity contribution in [1.82, 2.24) is 0 Å². The van der Waals surface area contributed by atoms with Gasteiger partial charge in [0.1, 0.15) is 0 Å². The summed E-state index contributed by atoms with van der Waals surface area (Å²) in [4.78, 5) is 25.8. The number of carbonyl (C=O) groups is 2. The quantitative estimate of drug-likeness (QED) is 0.889. The summed E-state index contributed by atoms with van der Waals surface area (Å²) in [6.07, 6.45) is 9.67. The highest BCUT2D eigenvalue weighted by Gasteiger charge is 2.22. The van der Waals surface area contributed by atoms with E-state index in [0.29, 0.717) is 12.8 Å². The topological polar surface area (TPSA) is 49.4 Å². The van der Waals surface area contributed by atoms with E-state index in [1.807, 2.05) is 24.3 Å². The fraction of sp³-hybridized carbons (Fsp3) is 0.579. The number of amides is 2. The zero-order chi connectivity index (χ0) is 16.1. The summed E-state index contributed by atoms with van der Waals surface area (Å²) < 4.78 is 0. The molecule has 0 aromatic heterocycles. The fourth-order valence-corrected chi connectivity index (χ4v) is 3.71. The summed E-state index contributed by atoms with van der Waals surface area (Å²) in [7, 11) is 0. The first-order valence-corrected chi connectivity index (χ1v) is 8.92. The summed E-state index contributed by atoms with van der Waals surface area (Å²) in [5.41, 5.74) is 1.67. The molecule has 4 nitrogen and oxygen atoms in total. The molecule has 0 unspecified atom stereocenters. The van der Waals surface area contributed by atoms with E-state index >= 15 is 0 Å². The van der Waals surface area contributed by atoms with E-state index < -0.39 is 0 Å². The number of benzene rings is 1. The molecule has 1 aliphatic heterocycles. The molecule has 1 saturated carbocycles. The molecule has 0 radical (unpaired) electrons. The average molecular weight is 314 g/mol. The maximum Gasteiger partial charge on any atom is 0.227 e. The van der Waals surface area contributed by atoms with E-state index in [2.05, 4.69) is 5.32 Å². The van der Waals surface area contributed by atoms with Crippen molar-refractivity contribution in [2.45, 2.75) is 57.8 Å². The van der Waals surface area contributed by atoms with Gasteiger partial charge in [-0.2, -0.15) is 0 Å². The van der Waals surface area contributed by atoms with Gasteiger partial charge in [-0.1, -0.05) is 38.2 Å². The molecule has 2 amide bonds. The van der Waals surface area contributed by atoms with E-state index in [0.717, 1.165) is 36.7 Å². The summed E-state index contributed by atoms with van der Waals surface area (Å²) in [5, 5.41) is 2.98. The number of carbonyl (C=O) groups excluding carboxylic acids is 2. The Balaban J connectivity index is 1.52. The lowest BCUT2D eigenvalue weighted by Crippen LogP contribution is -2.23. The average Bonchev–Trinajstić information content (AvgIpc) is 3.00. The Hall–Kier alpha value is -1.84. The van der Waals surface area contributed by atoms with Gasteiger partial charge in [0.25, 0.3) is 0 Å². The van der Waals surface area contributed by atoms with Crippen molar-refractivity contribution in [1.29, 1.82) is 0 Å². The molecule has 0 spiro atoms. The van der Waals surface area contributed by atoms with Crippen molar-refractivity contribution in [2.24, 2.45) is 5.92 Å². The lowest BCUT2D eigenvalue weighted by Gasteiger charge is -2.21. The molecule has 0 bridgehead atoms. The van der Waals surface area contributed by atoms with E-state index in [1.165, 1.54) is 32.1 Å². The smallest absolute Gasteiger partial charge is 0.227 e. The molecule has 1 N–H and O–H groups in total. The minimum absolute atomic E-state index is 0.0838. The van der Waals surface area contributed by atoms with E-state index in [9.17, 15) is 9.59 Å². The maximum atomic E-state index is 12.2. The Morgan fingerprint density at radius 2 is 2.00 bits per heavy atom. The van der Waals surface area contributed by atoms with Gasteiger partial charge < -0.3 is 10.2 Å². The van der Waals surface area contributed by atoms with Gasteiger partial charge in [0.05, 0.1) is 0 Å². The molecule has 1 saturated heterocycles. The summed E-state index contributed by atoms with van der Waals surface area (Å²) in [5.74, 6) is 0.981. The number of anilines is 2. The van der Waals surface area contributed by atoms with E-state index in [-0.39, 0.29) is 11.8 Å². The minimum Gasteiger partial charge on any atom is -0.326 e. The SMILES string of the molecule is O=C(CCC1CCCCC1)Nc1cccc(N2CCCC2=O)c1. The Morgan fingerprint density at radius 1 is 1.17 bits per heavy atom. The summed E-state index contributed by atoms with van der Waals surface area (Å²) in [6.45, 7) is 0.776. The van der Waals surface area contributed by atoms with Crippen LogP contribution in [0.5, 0.6) is 0 Å². The van der Waals surface area contributed by atoms with Crippen LogP contribution in [0.3, 0.4) is 0 Å². The molecule has 2 aliphatic rings. The fourth-order valence-electron chi connectivity index (χ4n) is 3.71. The predicted molar refractivity (Wildman–Crippen MR) is 92.5 cm³/mol. The lowest BCUT2D eigenvalue weighted by atomic mass is 9.86. The Labute approximate surface area is 138 Å². The van der Waals surface area contributed by atoms with Gasteiger partial charge in [0.15, 0.2) is 0 Å². The molecule has 1 aromatic rings. The first-order valence-electron chi connectivity index (χ1n) is 8.92. The van der Waals surface area contributed by atoms with Crippen LogP contribution in [0.2, 0.25) is 0 Å². The Morgan fingerprint density at radius 3 is 2.74 bits per heavy atom. The monoisotopic (exact) mass is 314 g/mol. The highest BCUT2D eigenvalue weighted by molar-refractivity contribution is 5.97. The van der Waals surface area contributed by atoms with Gasteiger partial charge in [0, 0.05) is 30.8 Å². The van der Waals surface area contributed by atoms with Crippen LogP contribution in [-0.4, -0.2) is 18.4 Å². The van der Waals surface area contributed by atoms with Crippen LogP contribution < -0.4 is 10.2 Å². The molecular formula is C19H26N2O2. The van der Waals surface area contributed by atoms with Gasteiger partial charge in [-0.05, 0) is 37.0 Å². The molecule has 23 heavy (non-hydrogen) atoms. The van der Waals surface area contributed by atoms with Crippen molar-refractivity contribution in [3.63, 3.8) is 0 Å². The third-order valence-electron chi connectivity index (χ3n) is 5.02. The first-order chi connectivity index (χ1) is 11.2. The Kier molecular flexibility index (Phi) is 5.31. The zero-order valence-corrected chi connectivity index (χ0v) is 13.7. The van der Waals surface area contributed by atoms with Crippen LogP contribution in [0.1, 0.15) is 57.8 Å². The first kappa shape index (κ1) is 16.0. The van der Waals surface area contributed by atoms with Crippen molar-refractivity contribution in [3.05, 3.63) is 24.3 Å². The van der Waals surface area contributed by atoms with Crippen LogP contribution in [0, 0.1) is 5.92 Å². The van der Waals surface area contributed by atoms with Crippen molar-refractivity contribution in [2.75, 3.05) is 16.8 Å². The summed E-state index contributed by atoms with van der Waals surface area (Å²) in [6, 6.07) is 7.63. The van der Waals surface area contributed by atoms with Gasteiger partial charge in [-0.3, -0.25) is 9.59 Å². The molecule has 1 aromatic carbocycles.